The van der Waals surface area contributed by atoms with Gasteiger partial charge in [0.05, 0.1) is 24.5 Å². The minimum atomic E-state index is -0.123. The van der Waals surface area contributed by atoms with Crippen LogP contribution in [0.3, 0.4) is 0 Å². The molecule has 0 spiro atoms. The van der Waals surface area contributed by atoms with Crippen molar-refractivity contribution in [2.45, 2.75) is 20.3 Å². The predicted molar refractivity (Wildman–Crippen MR) is 85.9 cm³/mol. The van der Waals surface area contributed by atoms with Crippen molar-refractivity contribution in [1.29, 1.82) is 0 Å². The molecule has 0 aliphatic carbocycles. The smallest absolute Gasteiger partial charge is 0.282 e. The molecule has 0 saturated carbocycles. The molecule has 2 amide bonds. The molecule has 5 nitrogen and oxygen atoms in total. The zero-order valence-electron chi connectivity index (χ0n) is 13.3. The Morgan fingerprint density at radius 3 is 2.68 bits per heavy atom. The first kappa shape index (κ1) is 15.0. The molecule has 1 aromatic carbocycles. The first-order valence-electron chi connectivity index (χ1n) is 8.05. The third kappa shape index (κ3) is 3.14. The van der Waals surface area contributed by atoms with Crippen LogP contribution in [-0.2, 0) is 9.59 Å². The second-order valence-corrected chi connectivity index (χ2v) is 6.83. The summed E-state index contributed by atoms with van der Waals surface area (Å²) in [5.41, 5.74) is 1.53. The van der Waals surface area contributed by atoms with E-state index >= 15 is 0 Å². The van der Waals surface area contributed by atoms with Crippen molar-refractivity contribution in [1.82, 2.24) is 0 Å². The Kier molecular flexibility index (Phi) is 4.16. The Hall–Kier alpha value is -1.88. The first-order chi connectivity index (χ1) is 10.5. The Morgan fingerprint density at radius 2 is 1.95 bits per heavy atom. The summed E-state index contributed by atoms with van der Waals surface area (Å²) in [4.78, 5) is 27.5. The standard InChI is InChI=1S/C17H23N3O2/c1-12-7-13(2)9-19(8-12)11-17(22)20-10-16(21)18-14-5-3-4-6-15(14)20/h3-6,12-13H,7-11H2,1-2H3,(H,18,21)/p+1/t12-,13+. The molecule has 1 aromatic rings. The Balaban J connectivity index is 1.74. The minimum absolute atomic E-state index is 0.0404. The molecule has 1 unspecified atom stereocenters. The summed E-state index contributed by atoms with van der Waals surface area (Å²) in [6, 6.07) is 7.49. The van der Waals surface area contributed by atoms with Crippen LogP contribution < -0.4 is 15.1 Å². The summed E-state index contributed by atoms with van der Waals surface area (Å²) in [5.74, 6) is 1.23. The number of amides is 2. The summed E-state index contributed by atoms with van der Waals surface area (Å²) < 4.78 is 0. The van der Waals surface area contributed by atoms with E-state index in [0.29, 0.717) is 18.4 Å². The van der Waals surface area contributed by atoms with E-state index in [1.807, 2.05) is 24.3 Å². The number of para-hydroxylation sites is 2. The number of piperidine rings is 1. The molecule has 22 heavy (non-hydrogen) atoms. The highest BCUT2D eigenvalue weighted by atomic mass is 16.2. The van der Waals surface area contributed by atoms with Crippen molar-refractivity contribution in [3.05, 3.63) is 24.3 Å². The summed E-state index contributed by atoms with van der Waals surface area (Å²) in [7, 11) is 0. The summed E-state index contributed by atoms with van der Waals surface area (Å²) in [6.07, 6.45) is 1.24. The molecule has 2 heterocycles. The number of fused-ring (bicyclic) bond motifs is 1. The van der Waals surface area contributed by atoms with E-state index in [1.165, 1.54) is 11.3 Å². The van der Waals surface area contributed by atoms with Crippen molar-refractivity contribution < 1.29 is 14.5 Å². The molecule has 118 valence electrons. The van der Waals surface area contributed by atoms with Crippen LogP contribution in [0.5, 0.6) is 0 Å². The van der Waals surface area contributed by atoms with Gasteiger partial charge in [-0.3, -0.25) is 14.5 Å². The lowest BCUT2D eigenvalue weighted by Gasteiger charge is -2.34. The monoisotopic (exact) mass is 302 g/mol. The average Bonchev–Trinajstić information content (AvgIpc) is 2.45. The number of carbonyl (C=O) groups is 2. The van der Waals surface area contributed by atoms with E-state index in [2.05, 4.69) is 19.2 Å². The molecule has 1 fully saturated rings. The van der Waals surface area contributed by atoms with E-state index in [-0.39, 0.29) is 18.4 Å². The molecule has 0 bridgehead atoms. The number of quaternary nitrogens is 1. The Labute approximate surface area is 131 Å². The fraction of sp³-hybridized carbons (Fsp3) is 0.529. The Morgan fingerprint density at radius 1 is 1.27 bits per heavy atom. The van der Waals surface area contributed by atoms with E-state index in [1.54, 1.807) is 4.90 Å². The SMILES string of the molecule is C[C@@H]1C[C@H](C)C[NH+](CC(=O)N2CC(=O)Nc3ccccc32)C1. The van der Waals surface area contributed by atoms with E-state index < -0.39 is 0 Å². The highest BCUT2D eigenvalue weighted by Crippen LogP contribution is 2.28. The van der Waals surface area contributed by atoms with Crippen molar-refractivity contribution >= 4 is 23.2 Å². The van der Waals surface area contributed by atoms with Crippen LogP contribution >= 0.6 is 0 Å². The van der Waals surface area contributed by atoms with Gasteiger partial charge in [-0.2, -0.15) is 0 Å². The lowest BCUT2D eigenvalue weighted by atomic mass is 9.92. The van der Waals surface area contributed by atoms with E-state index in [9.17, 15) is 9.59 Å². The van der Waals surface area contributed by atoms with Crippen molar-refractivity contribution in [3.8, 4) is 0 Å². The van der Waals surface area contributed by atoms with Crippen LogP contribution in [0, 0.1) is 11.8 Å². The molecule has 0 aromatic heterocycles. The lowest BCUT2D eigenvalue weighted by molar-refractivity contribution is -0.904. The van der Waals surface area contributed by atoms with Gasteiger partial charge in [-0.1, -0.05) is 26.0 Å². The number of carbonyl (C=O) groups excluding carboxylic acids is 2. The highest BCUT2D eigenvalue weighted by Gasteiger charge is 2.32. The van der Waals surface area contributed by atoms with Crippen LogP contribution in [0.4, 0.5) is 11.4 Å². The number of benzene rings is 1. The molecule has 0 radical (unpaired) electrons. The summed E-state index contributed by atoms with van der Waals surface area (Å²) in [6.45, 7) is 7.17. The molecule has 5 heteroatoms. The van der Waals surface area contributed by atoms with Crippen molar-refractivity contribution in [2.75, 3.05) is 36.4 Å². The normalized spacial score (nSPS) is 28.0. The number of nitrogens with zero attached hydrogens (tertiary/aromatic N) is 1. The van der Waals surface area contributed by atoms with Gasteiger partial charge in [-0.15, -0.1) is 0 Å². The molecular weight excluding hydrogens is 278 g/mol. The fourth-order valence-electron chi connectivity index (χ4n) is 3.83. The highest BCUT2D eigenvalue weighted by molar-refractivity contribution is 6.10. The average molecular weight is 302 g/mol. The second kappa shape index (κ2) is 6.08. The van der Waals surface area contributed by atoms with Crippen molar-refractivity contribution in [3.63, 3.8) is 0 Å². The van der Waals surface area contributed by atoms with Gasteiger partial charge in [0.2, 0.25) is 5.91 Å². The van der Waals surface area contributed by atoms with Crippen LogP contribution in [-0.4, -0.2) is 38.0 Å². The zero-order valence-corrected chi connectivity index (χ0v) is 13.3. The van der Waals surface area contributed by atoms with Crippen LogP contribution in [0.25, 0.3) is 0 Å². The number of hydrogen-bond acceptors (Lipinski definition) is 2. The van der Waals surface area contributed by atoms with Gasteiger partial charge in [-0.05, 0) is 18.6 Å². The molecule has 3 rings (SSSR count). The maximum atomic E-state index is 12.7. The largest absolute Gasteiger partial charge is 0.327 e. The number of likely N-dealkylation sites (tertiary alicyclic amines) is 1. The molecule has 3 atom stereocenters. The molecular formula is C17H24N3O2+. The first-order valence-corrected chi connectivity index (χ1v) is 8.05. The molecule has 1 saturated heterocycles. The van der Waals surface area contributed by atoms with Crippen molar-refractivity contribution in [2.24, 2.45) is 11.8 Å². The van der Waals surface area contributed by atoms with Crippen LogP contribution in [0.2, 0.25) is 0 Å². The fourth-order valence-corrected chi connectivity index (χ4v) is 3.83. The summed E-state index contributed by atoms with van der Waals surface area (Å²) in [5, 5.41) is 2.82. The number of nitrogens with one attached hydrogen (secondary N) is 2. The number of rotatable bonds is 2. The molecule has 2 aliphatic heterocycles. The maximum Gasteiger partial charge on any atom is 0.282 e. The van der Waals surface area contributed by atoms with Gasteiger partial charge >= 0.3 is 0 Å². The molecule has 2 N–H and O–H groups in total. The minimum Gasteiger partial charge on any atom is -0.327 e. The second-order valence-electron chi connectivity index (χ2n) is 6.83. The lowest BCUT2D eigenvalue weighted by Crippen LogP contribution is -3.15. The Bertz CT molecular complexity index is 577. The third-order valence-electron chi connectivity index (χ3n) is 4.55. The quantitative estimate of drug-likeness (QED) is 0.837. The van der Waals surface area contributed by atoms with E-state index in [0.717, 1.165) is 24.5 Å². The number of anilines is 2. The summed E-state index contributed by atoms with van der Waals surface area (Å²) >= 11 is 0. The topological polar surface area (TPSA) is 53.9 Å². The van der Waals surface area contributed by atoms with Crippen LogP contribution in [0.15, 0.2) is 24.3 Å². The van der Waals surface area contributed by atoms with Crippen LogP contribution in [0.1, 0.15) is 20.3 Å². The predicted octanol–water partition coefficient (Wildman–Crippen LogP) is 0.533. The van der Waals surface area contributed by atoms with Gasteiger partial charge in [0, 0.05) is 11.8 Å². The van der Waals surface area contributed by atoms with Gasteiger partial charge in [0.25, 0.3) is 5.91 Å². The molecule has 2 aliphatic rings. The van der Waals surface area contributed by atoms with Gasteiger partial charge in [0.15, 0.2) is 6.54 Å². The number of hydrogen-bond donors (Lipinski definition) is 2. The zero-order chi connectivity index (χ0) is 15.7. The maximum absolute atomic E-state index is 12.7. The van der Waals surface area contributed by atoms with Gasteiger partial charge in [-0.25, -0.2) is 0 Å². The third-order valence-corrected chi connectivity index (χ3v) is 4.55. The van der Waals surface area contributed by atoms with E-state index in [4.69, 9.17) is 0 Å². The van der Waals surface area contributed by atoms with Gasteiger partial charge in [0.1, 0.15) is 6.54 Å². The van der Waals surface area contributed by atoms with Gasteiger partial charge < -0.3 is 10.2 Å².